The normalized spacial score (nSPS) is 12.4. The van der Waals surface area contributed by atoms with Gasteiger partial charge in [-0.05, 0) is 24.6 Å². The van der Waals surface area contributed by atoms with E-state index in [9.17, 15) is 0 Å². The molecule has 2 N–H and O–H groups in total. The van der Waals surface area contributed by atoms with E-state index in [0.29, 0.717) is 16.7 Å². The van der Waals surface area contributed by atoms with Crippen LogP contribution in [0.1, 0.15) is 17.7 Å². The Morgan fingerprint density at radius 1 is 1.15 bits per heavy atom. The molecule has 0 saturated heterocycles. The summed E-state index contributed by atoms with van der Waals surface area (Å²) in [6.45, 7) is 2.11. The summed E-state index contributed by atoms with van der Waals surface area (Å²) in [5, 5.41) is 9.11. The topological polar surface area (TPSA) is 69.9 Å². The fraction of sp³-hybridized carbons (Fsp3) is 0.143. The SMILES string of the molecule is C[C@@H](Sc1nnc(-c2ccco2)n1N)c1ccccc1. The summed E-state index contributed by atoms with van der Waals surface area (Å²) in [6.07, 6.45) is 1.59. The van der Waals surface area contributed by atoms with E-state index in [4.69, 9.17) is 10.3 Å². The number of nitrogens with two attached hydrogens (primary N) is 1. The second-order valence-electron chi connectivity index (χ2n) is 4.32. The zero-order valence-corrected chi connectivity index (χ0v) is 11.7. The Morgan fingerprint density at radius 3 is 2.65 bits per heavy atom. The zero-order valence-electron chi connectivity index (χ0n) is 10.9. The molecule has 1 atom stereocenters. The van der Waals surface area contributed by atoms with Gasteiger partial charge in [0.2, 0.25) is 11.0 Å². The van der Waals surface area contributed by atoms with E-state index in [-0.39, 0.29) is 5.25 Å². The van der Waals surface area contributed by atoms with Crippen LogP contribution in [0.5, 0.6) is 0 Å². The van der Waals surface area contributed by atoms with Gasteiger partial charge in [-0.25, -0.2) is 4.68 Å². The Bertz CT molecular complexity index is 679. The van der Waals surface area contributed by atoms with Crippen LogP contribution in [0.25, 0.3) is 11.6 Å². The molecule has 0 aliphatic carbocycles. The maximum atomic E-state index is 6.03. The van der Waals surface area contributed by atoms with E-state index in [1.165, 1.54) is 10.2 Å². The standard InChI is InChI=1S/C14H14N4OS/c1-10(11-6-3-2-4-7-11)20-14-17-16-13(18(14)15)12-8-5-9-19-12/h2-10H,15H2,1H3/t10-/m1/s1. The number of furan rings is 1. The van der Waals surface area contributed by atoms with Gasteiger partial charge in [-0.1, -0.05) is 42.1 Å². The first-order valence-electron chi connectivity index (χ1n) is 6.21. The second-order valence-corrected chi connectivity index (χ2v) is 5.63. The molecule has 0 radical (unpaired) electrons. The smallest absolute Gasteiger partial charge is 0.218 e. The van der Waals surface area contributed by atoms with Crippen molar-refractivity contribution in [3.63, 3.8) is 0 Å². The van der Waals surface area contributed by atoms with Gasteiger partial charge in [0, 0.05) is 5.25 Å². The van der Waals surface area contributed by atoms with E-state index in [2.05, 4.69) is 29.3 Å². The number of nitrogens with zero attached hydrogens (tertiary/aromatic N) is 3. The Labute approximate surface area is 120 Å². The fourth-order valence-electron chi connectivity index (χ4n) is 1.88. The third kappa shape index (κ3) is 2.42. The van der Waals surface area contributed by atoms with Crippen LogP contribution in [-0.4, -0.2) is 14.9 Å². The molecule has 3 rings (SSSR count). The first-order valence-corrected chi connectivity index (χ1v) is 7.09. The molecule has 0 fully saturated rings. The lowest BCUT2D eigenvalue weighted by molar-refractivity contribution is 0.574. The van der Waals surface area contributed by atoms with Crippen molar-refractivity contribution in [1.29, 1.82) is 0 Å². The maximum Gasteiger partial charge on any atom is 0.218 e. The van der Waals surface area contributed by atoms with Crippen LogP contribution in [-0.2, 0) is 0 Å². The lowest BCUT2D eigenvalue weighted by atomic mass is 10.2. The number of hydrogen-bond donors (Lipinski definition) is 1. The predicted molar refractivity (Wildman–Crippen MR) is 78.6 cm³/mol. The number of nitrogen functional groups attached to an aromatic ring is 1. The molecule has 2 aromatic heterocycles. The van der Waals surface area contributed by atoms with Gasteiger partial charge in [0.15, 0.2) is 5.76 Å². The van der Waals surface area contributed by atoms with E-state index in [1.807, 2.05) is 24.3 Å². The molecule has 102 valence electrons. The van der Waals surface area contributed by atoms with Gasteiger partial charge in [-0.15, -0.1) is 10.2 Å². The van der Waals surface area contributed by atoms with Crippen LogP contribution in [0.4, 0.5) is 0 Å². The molecule has 2 heterocycles. The molecule has 5 nitrogen and oxygen atoms in total. The van der Waals surface area contributed by atoms with Gasteiger partial charge in [-0.3, -0.25) is 0 Å². The highest BCUT2D eigenvalue weighted by Crippen LogP contribution is 2.34. The highest BCUT2D eigenvalue weighted by molar-refractivity contribution is 7.99. The molecule has 0 aliphatic rings. The van der Waals surface area contributed by atoms with Crippen molar-refractivity contribution in [1.82, 2.24) is 14.9 Å². The second kappa shape index (κ2) is 5.42. The minimum Gasteiger partial charge on any atom is -0.461 e. The number of aromatic nitrogens is 3. The zero-order chi connectivity index (χ0) is 13.9. The van der Waals surface area contributed by atoms with E-state index in [1.54, 1.807) is 24.1 Å². The summed E-state index contributed by atoms with van der Waals surface area (Å²) < 4.78 is 6.75. The molecule has 0 bridgehead atoms. The Hall–Kier alpha value is -2.21. The first kappa shape index (κ1) is 12.8. The fourth-order valence-corrected chi connectivity index (χ4v) is 2.78. The average Bonchev–Trinajstić information content (AvgIpc) is 3.11. The summed E-state index contributed by atoms with van der Waals surface area (Å²) in [6, 6.07) is 13.8. The summed E-state index contributed by atoms with van der Waals surface area (Å²) in [7, 11) is 0. The summed E-state index contributed by atoms with van der Waals surface area (Å²) in [4.78, 5) is 0. The van der Waals surface area contributed by atoms with Crippen LogP contribution in [0.3, 0.4) is 0 Å². The van der Waals surface area contributed by atoms with Crippen molar-refractivity contribution in [2.75, 3.05) is 5.84 Å². The maximum absolute atomic E-state index is 6.03. The van der Waals surface area contributed by atoms with Crippen molar-refractivity contribution >= 4 is 11.8 Å². The van der Waals surface area contributed by atoms with Crippen LogP contribution in [0, 0.1) is 0 Å². The monoisotopic (exact) mass is 286 g/mol. The largest absolute Gasteiger partial charge is 0.461 e. The Balaban J connectivity index is 1.82. The minimum absolute atomic E-state index is 0.243. The van der Waals surface area contributed by atoms with Crippen LogP contribution in [0.2, 0.25) is 0 Å². The van der Waals surface area contributed by atoms with Gasteiger partial charge >= 0.3 is 0 Å². The van der Waals surface area contributed by atoms with Crippen LogP contribution < -0.4 is 5.84 Å². The molecule has 0 spiro atoms. The van der Waals surface area contributed by atoms with Gasteiger partial charge in [0.25, 0.3) is 0 Å². The Kier molecular flexibility index (Phi) is 3.47. The highest BCUT2D eigenvalue weighted by Gasteiger charge is 2.17. The number of rotatable bonds is 4. The molecule has 0 unspecified atom stereocenters. The average molecular weight is 286 g/mol. The van der Waals surface area contributed by atoms with Gasteiger partial charge in [0.05, 0.1) is 6.26 Å². The molecular weight excluding hydrogens is 272 g/mol. The molecule has 20 heavy (non-hydrogen) atoms. The summed E-state index contributed by atoms with van der Waals surface area (Å²) >= 11 is 1.56. The Morgan fingerprint density at radius 2 is 1.95 bits per heavy atom. The van der Waals surface area contributed by atoms with Crippen molar-refractivity contribution in [2.45, 2.75) is 17.3 Å². The van der Waals surface area contributed by atoms with Crippen molar-refractivity contribution in [3.05, 3.63) is 54.3 Å². The molecular formula is C14H14N4OS. The molecule has 6 heteroatoms. The van der Waals surface area contributed by atoms with Crippen molar-refractivity contribution in [3.8, 4) is 11.6 Å². The van der Waals surface area contributed by atoms with Crippen molar-refractivity contribution < 1.29 is 4.42 Å². The first-order chi connectivity index (χ1) is 9.75. The third-order valence-corrected chi connectivity index (χ3v) is 4.07. The number of hydrogen-bond acceptors (Lipinski definition) is 5. The van der Waals surface area contributed by atoms with Gasteiger partial charge in [-0.2, -0.15) is 0 Å². The molecule has 0 saturated carbocycles. The minimum atomic E-state index is 0.243. The van der Waals surface area contributed by atoms with Gasteiger partial charge < -0.3 is 10.3 Å². The number of benzene rings is 1. The molecule has 1 aromatic carbocycles. The highest BCUT2D eigenvalue weighted by atomic mass is 32.2. The van der Waals surface area contributed by atoms with Gasteiger partial charge in [0.1, 0.15) is 0 Å². The van der Waals surface area contributed by atoms with Crippen molar-refractivity contribution in [2.24, 2.45) is 0 Å². The molecule has 0 aliphatic heterocycles. The quantitative estimate of drug-likeness (QED) is 0.589. The van der Waals surface area contributed by atoms with Crippen LogP contribution in [0.15, 0.2) is 58.3 Å². The lowest BCUT2D eigenvalue weighted by Crippen LogP contribution is -2.11. The summed E-state index contributed by atoms with van der Waals surface area (Å²) in [5.41, 5.74) is 1.22. The van der Waals surface area contributed by atoms with Crippen LogP contribution >= 0.6 is 11.8 Å². The van der Waals surface area contributed by atoms with E-state index >= 15 is 0 Å². The molecule has 3 aromatic rings. The number of thioether (sulfide) groups is 1. The lowest BCUT2D eigenvalue weighted by Gasteiger charge is -2.10. The predicted octanol–water partition coefficient (Wildman–Crippen LogP) is 3.11. The van der Waals surface area contributed by atoms with E-state index < -0.39 is 0 Å². The third-order valence-electron chi connectivity index (χ3n) is 2.96. The molecule has 0 amide bonds. The summed E-state index contributed by atoms with van der Waals surface area (Å²) in [5.74, 6) is 7.17. The van der Waals surface area contributed by atoms with E-state index in [0.717, 1.165) is 0 Å².